The summed E-state index contributed by atoms with van der Waals surface area (Å²) in [5.74, 6) is 0. The van der Waals surface area contributed by atoms with Crippen molar-refractivity contribution in [2.24, 2.45) is 0 Å². The fourth-order valence-electron chi connectivity index (χ4n) is 1.41. The van der Waals surface area contributed by atoms with Crippen LogP contribution in [0, 0.1) is 0 Å². The van der Waals surface area contributed by atoms with Crippen molar-refractivity contribution in [1.82, 2.24) is 10.2 Å². The van der Waals surface area contributed by atoms with Gasteiger partial charge in [-0.25, -0.2) is 0 Å². The van der Waals surface area contributed by atoms with E-state index in [4.69, 9.17) is 0 Å². The molecule has 5 heteroatoms. The molecule has 0 aromatic rings. The summed E-state index contributed by atoms with van der Waals surface area (Å²) in [6.07, 6.45) is -4.77. The summed E-state index contributed by atoms with van der Waals surface area (Å²) in [4.78, 5) is 1.91. The Kier molecular flexibility index (Phi) is 2.95. The minimum atomic E-state index is -4.05. The SMILES string of the molecule is CN1CCNC(CC(F)(F)F)C1. The van der Waals surface area contributed by atoms with Gasteiger partial charge in [-0.15, -0.1) is 0 Å². The molecule has 2 nitrogen and oxygen atoms in total. The third kappa shape index (κ3) is 3.40. The van der Waals surface area contributed by atoms with Gasteiger partial charge < -0.3 is 10.2 Å². The largest absolute Gasteiger partial charge is 0.390 e. The van der Waals surface area contributed by atoms with E-state index in [9.17, 15) is 13.2 Å². The van der Waals surface area contributed by atoms with Gasteiger partial charge in [0.05, 0.1) is 6.42 Å². The summed E-state index contributed by atoms with van der Waals surface area (Å²) < 4.78 is 35.7. The lowest BCUT2D eigenvalue weighted by Gasteiger charge is -2.31. The van der Waals surface area contributed by atoms with Crippen LogP contribution in [0.15, 0.2) is 0 Å². The van der Waals surface area contributed by atoms with Crippen LogP contribution in [0.5, 0.6) is 0 Å². The summed E-state index contributed by atoms with van der Waals surface area (Å²) in [6, 6.07) is -0.427. The number of rotatable bonds is 1. The van der Waals surface area contributed by atoms with Gasteiger partial charge in [-0.1, -0.05) is 0 Å². The molecule has 1 heterocycles. The summed E-state index contributed by atoms with van der Waals surface area (Å²) in [5.41, 5.74) is 0. The van der Waals surface area contributed by atoms with E-state index >= 15 is 0 Å². The highest BCUT2D eigenvalue weighted by atomic mass is 19.4. The number of halogens is 3. The second-order valence-electron chi connectivity index (χ2n) is 3.23. The average molecular weight is 182 g/mol. The highest BCUT2D eigenvalue weighted by Gasteiger charge is 2.33. The van der Waals surface area contributed by atoms with Crippen LogP contribution in [-0.4, -0.2) is 43.8 Å². The maximum atomic E-state index is 11.9. The van der Waals surface area contributed by atoms with E-state index in [0.29, 0.717) is 13.1 Å². The van der Waals surface area contributed by atoms with Crippen molar-refractivity contribution in [3.8, 4) is 0 Å². The summed E-state index contributed by atoms with van der Waals surface area (Å²) in [7, 11) is 1.84. The molecular formula is C7H13F3N2. The standard InChI is InChI=1S/C7H13F3N2/c1-12-3-2-11-6(5-12)4-7(8,9)10/h6,11H,2-5H2,1H3. The van der Waals surface area contributed by atoms with Crippen LogP contribution in [-0.2, 0) is 0 Å². The molecular weight excluding hydrogens is 169 g/mol. The van der Waals surface area contributed by atoms with E-state index in [1.54, 1.807) is 0 Å². The van der Waals surface area contributed by atoms with Crippen LogP contribution in [0.4, 0.5) is 13.2 Å². The third-order valence-corrected chi connectivity index (χ3v) is 1.94. The predicted molar refractivity (Wildman–Crippen MR) is 40.0 cm³/mol. The first kappa shape index (κ1) is 9.80. The van der Waals surface area contributed by atoms with Crippen molar-refractivity contribution in [2.45, 2.75) is 18.6 Å². The highest BCUT2D eigenvalue weighted by molar-refractivity contribution is 4.78. The second-order valence-corrected chi connectivity index (χ2v) is 3.23. The Morgan fingerprint density at radius 2 is 2.17 bits per heavy atom. The highest BCUT2D eigenvalue weighted by Crippen LogP contribution is 2.22. The molecule has 0 aromatic heterocycles. The molecule has 0 aromatic carbocycles. The van der Waals surface area contributed by atoms with Crippen LogP contribution in [0.25, 0.3) is 0 Å². The van der Waals surface area contributed by atoms with Crippen LogP contribution in [0.2, 0.25) is 0 Å². The molecule has 0 bridgehead atoms. The minimum Gasteiger partial charge on any atom is -0.311 e. The van der Waals surface area contributed by atoms with Crippen LogP contribution < -0.4 is 5.32 Å². The zero-order valence-electron chi connectivity index (χ0n) is 6.99. The molecule has 0 saturated carbocycles. The normalized spacial score (nSPS) is 27.5. The molecule has 0 amide bonds. The number of likely N-dealkylation sites (N-methyl/N-ethyl adjacent to an activating group) is 1. The first-order valence-electron chi connectivity index (χ1n) is 3.96. The fraction of sp³-hybridized carbons (Fsp3) is 1.00. The zero-order chi connectivity index (χ0) is 9.19. The Hall–Kier alpha value is -0.290. The Bertz CT molecular complexity index is 146. The van der Waals surface area contributed by atoms with Crippen molar-refractivity contribution < 1.29 is 13.2 Å². The molecule has 1 aliphatic rings. The molecule has 0 aliphatic carbocycles. The number of piperazine rings is 1. The van der Waals surface area contributed by atoms with E-state index in [-0.39, 0.29) is 0 Å². The van der Waals surface area contributed by atoms with E-state index in [2.05, 4.69) is 5.32 Å². The number of alkyl halides is 3. The molecule has 1 unspecified atom stereocenters. The Labute approximate surface area is 69.7 Å². The van der Waals surface area contributed by atoms with E-state index in [0.717, 1.165) is 6.54 Å². The monoisotopic (exact) mass is 182 g/mol. The van der Waals surface area contributed by atoms with Crippen molar-refractivity contribution in [3.63, 3.8) is 0 Å². The lowest BCUT2D eigenvalue weighted by Crippen LogP contribution is -2.50. The molecule has 1 atom stereocenters. The van der Waals surface area contributed by atoms with Gasteiger partial charge in [-0.3, -0.25) is 0 Å². The van der Waals surface area contributed by atoms with Gasteiger partial charge in [-0.2, -0.15) is 13.2 Å². The van der Waals surface area contributed by atoms with Crippen molar-refractivity contribution >= 4 is 0 Å². The van der Waals surface area contributed by atoms with Crippen LogP contribution >= 0.6 is 0 Å². The quantitative estimate of drug-likeness (QED) is 0.646. The molecule has 1 fully saturated rings. The van der Waals surface area contributed by atoms with Gasteiger partial charge in [-0.05, 0) is 7.05 Å². The molecule has 0 spiro atoms. The van der Waals surface area contributed by atoms with Gasteiger partial charge in [0.2, 0.25) is 0 Å². The third-order valence-electron chi connectivity index (χ3n) is 1.94. The maximum Gasteiger partial charge on any atom is 0.390 e. The number of nitrogens with one attached hydrogen (secondary N) is 1. The summed E-state index contributed by atoms with van der Waals surface area (Å²) in [5, 5.41) is 2.84. The van der Waals surface area contributed by atoms with Gasteiger partial charge in [0, 0.05) is 25.7 Å². The molecule has 1 aliphatic heterocycles. The molecule has 1 saturated heterocycles. The van der Waals surface area contributed by atoms with Crippen molar-refractivity contribution in [2.75, 3.05) is 26.7 Å². The molecule has 1 N–H and O–H groups in total. The summed E-state index contributed by atoms with van der Waals surface area (Å²) >= 11 is 0. The predicted octanol–water partition coefficient (Wildman–Crippen LogP) is 0.842. The van der Waals surface area contributed by atoms with Gasteiger partial charge in [0.25, 0.3) is 0 Å². The van der Waals surface area contributed by atoms with Crippen LogP contribution in [0.1, 0.15) is 6.42 Å². The fourth-order valence-corrected chi connectivity index (χ4v) is 1.41. The van der Waals surface area contributed by atoms with E-state index in [1.165, 1.54) is 0 Å². The topological polar surface area (TPSA) is 15.3 Å². The van der Waals surface area contributed by atoms with Gasteiger partial charge >= 0.3 is 6.18 Å². The molecule has 0 radical (unpaired) electrons. The second kappa shape index (κ2) is 3.62. The lowest BCUT2D eigenvalue weighted by atomic mass is 10.1. The van der Waals surface area contributed by atoms with Gasteiger partial charge in [0.15, 0.2) is 0 Å². The van der Waals surface area contributed by atoms with Crippen molar-refractivity contribution in [1.29, 1.82) is 0 Å². The van der Waals surface area contributed by atoms with Crippen LogP contribution in [0.3, 0.4) is 0 Å². The number of nitrogens with zero attached hydrogens (tertiary/aromatic N) is 1. The molecule has 12 heavy (non-hydrogen) atoms. The average Bonchev–Trinajstić information content (AvgIpc) is 1.82. The Morgan fingerprint density at radius 3 is 2.67 bits per heavy atom. The first-order chi connectivity index (χ1) is 5.47. The van der Waals surface area contributed by atoms with Crippen molar-refractivity contribution in [3.05, 3.63) is 0 Å². The number of hydrogen-bond donors (Lipinski definition) is 1. The minimum absolute atomic E-state index is 0.427. The van der Waals surface area contributed by atoms with E-state index < -0.39 is 18.6 Å². The maximum absolute atomic E-state index is 11.9. The molecule has 72 valence electrons. The number of hydrogen-bond acceptors (Lipinski definition) is 2. The summed E-state index contributed by atoms with van der Waals surface area (Å²) in [6.45, 7) is 1.96. The van der Waals surface area contributed by atoms with E-state index in [1.807, 2.05) is 11.9 Å². The van der Waals surface area contributed by atoms with Gasteiger partial charge in [0.1, 0.15) is 0 Å². The molecule has 1 rings (SSSR count). The first-order valence-corrected chi connectivity index (χ1v) is 3.96. The zero-order valence-corrected chi connectivity index (χ0v) is 6.99. The lowest BCUT2D eigenvalue weighted by molar-refractivity contribution is -0.142. The Balaban J connectivity index is 2.32. The smallest absolute Gasteiger partial charge is 0.311 e. The Morgan fingerprint density at radius 1 is 1.50 bits per heavy atom.